The molecule has 0 saturated heterocycles. The van der Waals surface area contributed by atoms with Crippen molar-refractivity contribution in [3.63, 3.8) is 0 Å². The highest BCUT2D eigenvalue weighted by molar-refractivity contribution is 5.85. The van der Waals surface area contributed by atoms with Crippen molar-refractivity contribution in [2.24, 2.45) is 0 Å². The third kappa shape index (κ3) is 5.72. The van der Waals surface area contributed by atoms with Crippen LogP contribution in [0.2, 0.25) is 0 Å². The Morgan fingerprint density at radius 2 is 1.59 bits per heavy atom. The van der Waals surface area contributed by atoms with E-state index >= 15 is 0 Å². The van der Waals surface area contributed by atoms with E-state index in [1.165, 1.54) is 0 Å². The van der Waals surface area contributed by atoms with E-state index in [2.05, 4.69) is 10.9 Å². The van der Waals surface area contributed by atoms with Gasteiger partial charge in [-0.1, -0.05) is 42.5 Å². The Hall–Kier alpha value is -3.54. The van der Waals surface area contributed by atoms with Crippen molar-refractivity contribution in [3.05, 3.63) is 72.3 Å². The maximum absolute atomic E-state index is 12.2. The number of methoxy groups -OCH3 is 1. The summed E-state index contributed by atoms with van der Waals surface area (Å²) in [5.74, 6) is 0.672. The zero-order valence-corrected chi connectivity index (χ0v) is 16.5. The number of benzene rings is 3. The number of amides is 2. The Kier molecular flexibility index (Phi) is 6.68. The summed E-state index contributed by atoms with van der Waals surface area (Å²) in [5, 5.41) is 2.13. The zero-order chi connectivity index (χ0) is 20.6. The van der Waals surface area contributed by atoms with Gasteiger partial charge in [0.15, 0.2) is 6.10 Å². The Bertz CT molecular complexity index is 986. The summed E-state index contributed by atoms with van der Waals surface area (Å²) in [6, 6.07) is 21.1. The standard InChI is InChI=1S/C23H24N2O4/c1-16(29-21-13-10-18-5-3-4-6-19(18)15-21)23(27)25-24-22(26)14-9-17-7-11-20(28-2)12-8-17/h3-8,10-13,15-16H,9,14H2,1-2H3,(H,24,26)(H,25,27). The van der Waals surface area contributed by atoms with Crippen molar-refractivity contribution in [3.8, 4) is 11.5 Å². The van der Waals surface area contributed by atoms with E-state index in [0.717, 1.165) is 22.1 Å². The van der Waals surface area contributed by atoms with E-state index in [0.29, 0.717) is 12.2 Å². The molecule has 3 aromatic carbocycles. The lowest BCUT2D eigenvalue weighted by Gasteiger charge is -2.15. The Morgan fingerprint density at radius 3 is 2.31 bits per heavy atom. The lowest BCUT2D eigenvalue weighted by molar-refractivity contribution is -0.132. The highest BCUT2D eigenvalue weighted by Gasteiger charge is 2.15. The van der Waals surface area contributed by atoms with E-state index in [9.17, 15) is 9.59 Å². The molecule has 0 bridgehead atoms. The van der Waals surface area contributed by atoms with Gasteiger partial charge in [0, 0.05) is 6.42 Å². The number of carbonyl (C=O) groups is 2. The van der Waals surface area contributed by atoms with Crippen LogP contribution in [-0.2, 0) is 16.0 Å². The van der Waals surface area contributed by atoms with Gasteiger partial charge in [-0.15, -0.1) is 0 Å². The molecule has 1 atom stereocenters. The number of hydrazine groups is 1. The minimum Gasteiger partial charge on any atom is -0.497 e. The van der Waals surface area contributed by atoms with Gasteiger partial charge < -0.3 is 9.47 Å². The Morgan fingerprint density at radius 1 is 0.897 bits per heavy atom. The van der Waals surface area contributed by atoms with Crippen LogP contribution < -0.4 is 20.3 Å². The van der Waals surface area contributed by atoms with Gasteiger partial charge in [0.25, 0.3) is 5.91 Å². The van der Waals surface area contributed by atoms with Crippen molar-refractivity contribution < 1.29 is 19.1 Å². The fourth-order valence-electron chi connectivity index (χ4n) is 2.84. The average molecular weight is 392 g/mol. The maximum atomic E-state index is 12.2. The fourth-order valence-corrected chi connectivity index (χ4v) is 2.84. The molecular weight excluding hydrogens is 368 g/mol. The molecule has 0 aromatic heterocycles. The number of ether oxygens (including phenoxy) is 2. The second-order valence-corrected chi connectivity index (χ2v) is 6.65. The van der Waals surface area contributed by atoms with Crippen LogP contribution in [0, 0.1) is 0 Å². The predicted octanol–water partition coefficient (Wildman–Crippen LogP) is 3.40. The Balaban J connectivity index is 1.44. The summed E-state index contributed by atoms with van der Waals surface area (Å²) in [4.78, 5) is 24.2. The average Bonchev–Trinajstić information content (AvgIpc) is 2.76. The third-order valence-electron chi connectivity index (χ3n) is 4.53. The van der Waals surface area contributed by atoms with Gasteiger partial charge in [-0.25, -0.2) is 0 Å². The SMILES string of the molecule is COc1ccc(CCC(=O)NNC(=O)C(C)Oc2ccc3ccccc3c2)cc1. The van der Waals surface area contributed by atoms with Crippen molar-refractivity contribution in [2.75, 3.05) is 7.11 Å². The second kappa shape index (κ2) is 9.59. The van der Waals surface area contributed by atoms with Gasteiger partial charge in [0.2, 0.25) is 5.91 Å². The summed E-state index contributed by atoms with van der Waals surface area (Å²) in [6.07, 6.45) is 0.0690. The number of fused-ring (bicyclic) bond motifs is 1. The first-order valence-electron chi connectivity index (χ1n) is 9.42. The first-order valence-corrected chi connectivity index (χ1v) is 9.42. The van der Waals surface area contributed by atoms with E-state index in [1.54, 1.807) is 14.0 Å². The van der Waals surface area contributed by atoms with E-state index in [4.69, 9.17) is 9.47 Å². The molecule has 6 heteroatoms. The molecule has 3 aromatic rings. The number of nitrogens with one attached hydrogen (secondary N) is 2. The van der Waals surface area contributed by atoms with Crippen LogP contribution in [0.25, 0.3) is 10.8 Å². The van der Waals surface area contributed by atoms with Crippen LogP contribution in [0.15, 0.2) is 66.7 Å². The minimum absolute atomic E-state index is 0.256. The van der Waals surface area contributed by atoms with Crippen LogP contribution in [0.3, 0.4) is 0 Å². The molecule has 150 valence electrons. The summed E-state index contributed by atoms with van der Waals surface area (Å²) in [6.45, 7) is 1.63. The van der Waals surface area contributed by atoms with Gasteiger partial charge in [0.1, 0.15) is 11.5 Å². The van der Waals surface area contributed by atoms with Crippen LogP contribution >= 0.6 is 0 Å². The highest BCUT2D eigenvalue weighted by atomic mass is 16.5. The van der Waals surface area contributed by atoms with Crippen LogP contribution in [0.5, 0.6) is 11.5 Å². The molecular formula is C23H24N2O4. The van der Waals surface area contributed by atoms with Crippen LogP contribution in [-0.4, -0.2) is 25.0 Å². The van der Waals surface area contributed by atoms with Crippen LogP contribution in [0.4, 0.5) is 0 Å². The molecule has 0 aliphatic carbocycles. The minimum atomic E-state index is -0.752. The normalized spacial score (nSPS) is 11.5. The number of hydrogen-bond donors (Lipinski definition) is 2. The number of rotatable bonds is 7. The molecule has 0 spiro atoms. The Labute approximate surface area is 169 Å². The van der Waals surface area contributed by atoms with E-state index < -0.39 is 12.0 Å². The smallest absolute Gasteiger partial charge is 0.279 e. The molecule has 0 heterocycles. The molecule has 2 N–H and O–H groups in total. The molecule has 29 heavy (non-hydrogen) atoms. The van der Waals surface area contributed by atoms with Gasteiger partial charge in [0.05, 0.1) is 7.11 Å². The third-order valence-corrected chi connectivity index (χ3v) is 4.53. The number of hydrogen-bond acceptors (Lipinski definition) is 4. The molecule has 1 unspecified atom stereocenters. The first kappa shape index (κ1) is 20.2. The molecule has 3 rings (SSSR count). The lowest BCUT2D eigenvalue weighted by Crippen LogP contribution is -2.47. The maximum Gasteiger partial charge on any atom is 0.279 e. The predicted molar refractivity (Wildman–Crippen MR) is 112 cm³/mol. The summed E-state index contributed by atoms with van der Waals surface area (Å²) in [5.41, 5.74) is 5.85. The van der Waals surface area contributed by atoms with Crippen molar-refractivity contribution in [2.45, 2.75) is 25.9 Å². The van der Waals surface area contributed by atoms with Crippen molar-refractivity contribution >= 4 is 22.6 Å². The number of aryl methyl sites for hydroxylation is 1. The zero-order valence-electron chi connectivity index (χ0n) is 16.5. The topological polar surface area (TPSA) is 76.7 Å². The molecule has 0 aliphatic heterocycles. The largest absolute Gasteiger partial charge is 0.497 e. The van der Waals surface area contributed by atoms with E-state index in [-0.39, 0.29) is 12.3 Å². The quantitative estimate of drug-likeness (QED) is 0.604. The summed E-state index contributed by atoms with van der Waals surface area (Å²) in [7, 11) is 1.61. The van der Waals surface area contributed by atoms with Crippen LogP contribution in [0.1, 0.15) is 18.9 Å². The molecule has 6 nitrogen and oxygen atoms in total. The van der Waals surface area contributed by atoms with Gasteiger partial charge in [-0.3, -0.25) is 20.4 Å². The van der Waals surface area contributed by atoms with E-state index in [1.807, 2.05) is 66.7 Å². The fraction of sp³-hybridized carbons (Fsp3) is 0.217. The molecule has 0 aliphatic rings. The monoisotopic (exact) mass is 392 g/mol. The van der Waals surface area contributed by atoms with Crippen molar-refractivity contribution in [1.29, 1.82) is 0 Å². The summed E-state index contributed by atoms with van der Waals surface area (Å²) < 4.78 is 10.8. The summed E-state index contributed by atoms with van der Waals surface area (Å²) >= 11 is 0. The van der Waals surface area contributed by atoms with Crippen molar-refractivity contribution in [1.82, 2.24) is 10.9 Å². The molecule has 0 saturated carbocycles. The lowest BCUT2D eigenvalue weighted by atomic mass is 10.1. The molecule has 0 fully saturated rings. The van der Waals surface area contributed by atoms with Gasteiger partial charge in [-0.05, 0) is 53.9 Å². The van der Waals surface area contributed by atoms with Gasteiger partial charge in [-0.2, -0.15) is 0 Å². The second-order valence-electron chi connectivity index (χ2n) is 6.65. The van der Waals surface area contributed by atoms with Gasteiger partial charge >= 0.3 is 0 Å². The number of carbonyl (C=O) groups excluding carboxylic acids is 2. The molecule has 2 amide bonds. The first-order chi connectivity index (χ1) is 14.0. The highest BCUT2D eigenvalue weighted by Crippen LogP contribution is 2.21. The molecule has 0 radical (unpaired) electrons.